The zero-order valence-electron chi connectivity index (χ0n) is 9.21. The van der Waals surface area contributed by atoms with Crippen LogP contribution in [0.3, 0.4) is 0 Å². The topological polar surface area (TPSA) is 81.0 Å². The van der Waals surface area contributed by atoms with Crippen LogP contribution in [0.15, 0.2) is 36.8 Å². The third-order valence-corrected chi connectivity index (χ3v) is 3.16. The van der Waals surface area contributed by atoms with Crippen molar-refractivity contribution in [1.29, 1.82) is 0 Å². The molecule has 1 aromatic heterocycles. The minimum absolute atomic E-state index is 0.0898. The number of halogens is 1. The number of anilines is 1. The number of hydrogen-bond acceptors (Lipinski definition) is 5. The Hall–Kier alpha value is -1.77. The third kappa shape index (κ3) is 3.13. The molecule has 1 heterocycles. The van der Waals surface area contributed by atoms with Crippen LogP contribution < -0.4 is 5.32 Å². The first-order valence-electron chi connectivity index (χ1n) is 5.09. The number of aromatic nitrogens is 2. The normalized spacial score (nSPS) is 10.1. The van der Waals surface area contributed by atoms with Crippen LogP contribution in [-0.4, -0.2) is 14.9 Å². The molecule has 0 spiro atoms. The van der Waals surface area contributed by atoms with E-state index in [1.165, 1.54) is 18.5 Å². The van der Waals surface area contributed by atoms with E-state index in [4.69, 9.17) is 0 Å². The van der Waals surface area contributed by atoms with Gasteiger partial charge in [0, 0.05) is 27.6 Å². The number of nitrogens with zero attached hydrogens (tertiary/aromatic N) is 3. The van der Waals surface area contributed by atoms with Crippen molar-refractivity contribution < 1.29 is 4.92 Å². The van der Waals surface area contributed by atoms with Gasteiger partial charge in [-0.3, -0.25) is 10.1 Å². The molecule has 0 radical (unpaired) electrons. The summed E-state index contributed by atoms with van der Waals surface area (Å²) in [6, 6.07) is 6.51. The quantitative estimate of drug-likeness (QED) is 0.518. The van der Waals surface area contributed by atoms with E-state index in [9.17, 15) is 10.1 Å². The van der Waals surface area contributed by atoms with E-state index in [0.29, 0.717) is 6.54 Å². The van der Waals surface area contributed by atoms with Crippen LogP contribution in [0.1, 0.15) is 5.69 Å². The van der Waals surface area contributed by atoms with Crippen LogP contribution in [-0.2, 0) is 6.54 Å². The Labute approximate surface area is 117 Å². The van der Waals surface area contributed by atoms with Crippen LogP contribution in [0.4, 0.5) is 11.4 Å². The summed E-state index contributed by atoms with van der Waals surface area (Å²) in [5, 5.41) is 13.8. The van der Waals surface area contributed by atoms with E-state index in [1.54, 1.807) is 12.3 Å². The molecule has 0 aliphatic carbocycles. The van der Waals surface area contributed by atoms with Crippen molar-refractivity contribution in [3.05, 3.63) is 56.2 Å². The predicted molar refractivity (Wildman–Crippen MR) is 75.2 cm³/mol. The summed E-state index contributed by atoms with van der Waals surface area (Å²) in [4.78, 5) is 18.1. The monoisotopic (exact) mass is 356 g/mol. The highest BCUT2D eigenvalue weighted by Crippen LogP contribution is 2.23. The zero-order valence-corrected chi connectivity index (χ0v) is 11.4. The first-order chi connectivity index (χ1) is 8.66. The molecule has 0 saturated carbocycles. The molecule has 92 valence electrons. The van der Waals surface area contributed by atoms with Gasteiger partial charge in [-0.15, -0.1) is 0 Å². The van der Waals surface area contributed by atoms with Gasteiger partial charge in [-0.05, 0) is 34.7 Å². The fraction of sp³-hybridized carbons (Fsp3) is 0.0909. The van der Waals surface area contributed by atoms with Crippen LogP contribution in [0, 0.1) is 13.7 Å². The fourth-order valence-corrected chi connectivity index (χ4v) is 2.06. The average molecular weight is 356 g/mol. The molecule has 0 saturated heterocycles. The Balaban J connectivity index is 2.08. The van der Waals surface area contributed by atoms with Crippen LogP contribution >= 0.6 is 22.6 Å². The van der Waals surface area contributed by atoms with Crippen molar-refractivity contribution >= 4 is 34.0 Å². The molecule has 0 unspecified atom stereocenters. The van der Waals surface area contributed by atoms with E-state index in [1.807, 2.05) is 6.07 Å². The zero-order chi connectivity index (χ0) is 13.0. The molecule has 6 nitrogen and oxygen atoms in total. The minimum Gasteiger partial charge on any atom is -0.379 e. The van der Waals surface area contributed by atoms with Crippen molar-refractivity contribution in [2.75, 3.05) is 5.32 Å². The van der Waals surface area contributed by atoms with Gasteiger partial charge in [-0.2, -0.15) is 0 Å². The van der Waals surface area contributed by atoms with E-state index < -0.39 is 4.92 Å². The second kappa shape index (κ2) is 5.71. The SMILES string of the molecule is O=[N+]([O-])c1ccc(NCc2ccncn2)c(I)c1. The number of nitrogens with one attached hydrogen (secondary N) is 1. The standard InChI is InChI=1S/C11H9IN4O2/c12-10-5-9(16(17)18)1-2-11(10)14-6-8-3-4-13-7-15-8/h1-5,7,14H,6H2. The highest BCUT2D eigenvalue weighted by molar-refractivity contribution is 14.1. The molecular formula is C11H9IN4O2. The van der Waals surface area contributed by atoms with Crippen LogP contribution in [0.5, 0.6) is 0 Å². The molecule has 0 atom stereocenters. The lowest BCUT2D eigenvalue weighted by Crippen LogP contribution is -2.03. The van der Waals surface area contributed by atoms with Gasteiger partial charge in [0.15, 0.2) is 0 Å². The molecule has 2 rings (SSSR count). The average Bonchev–Trinajstić information content (AvgIpc) is 2.38. The first kappa shape index (κ1) is 12.7. The molecule has 2 aromatic rings. The summed E-state index contributed by atoms with van der Waals surface area (Å²) in [6.45, 7) is 0.552. The van der Waals surface area contributed by atoms with Crippen molar-refractivity contribution in [3.63, 3.8) is 0 Å². The number of benzene rings is 1. The lowest BCUT2D eigenvalue weighted by Gasteiger charge is -2.07. The van der Waals surface area contributed by atoms with Gasteiger partial charge in [0.05, 0.1) is 17.2 Å². The smallest absolute Gasteiger partial charge is 0.270 e. The van der Waals surface area contributed by atoms with Gasteiger partial charge >= 0.3 is 0 Å². The van der Waals surface area contributed by atoms with E-state index in [2.05, 4.69) is 37.9 Å². The Morgan fingerprint density at radius 3 is 2.83 bits per heavy atom. The molecule has 0 aliphatic heterocycles. The van der Waals surface area contributed by atoms with Crippen LogP contribution in [0.25, 0.3) is 0 Å². The molecular weight excluding hydrogens is 347 g/mol. The number of rotatable bonds is 4. The van der Waals surface area contributed by atoms with Crippen molar-refractivity contribution in [2.24, 2.45) is 0 Å². The summed E-state index contributed by atoms with van der Waals surface area (Å²) in [7, 11) is 0. The molecule has 0 bridgehead atoms. The Bertz CT molecular complexity index is 562. The molecule has 1 aromatic carbocycles. The molecule has 0 aliphatic rings. The number of nitro groups is 1. The molecule has 7 heteroatoms. The summed E-state index contributed by atoms with van der Waals surface area (Å²) in [5.41, 5.74) is 1.80. The fourth-order valence-electron chi connectivity index (χ4n) is 1.37. The van der Waals surface area contributed by atoms with E-state index in [-0.39, 0.29) is 5.69 Å². The van der Waals surface area contributed by atoms with Crippen molar-refractivity contribution in [3.8, 4) is 0 Å². The molecule has 0 amide bonds. The highest BCUT2D eigenvalue weighted by atomic mass is 127. The van der Waals surface area contributed by atoms with E-state index in [0.717, 1.165) is 15.0 Å². The third-order valence-electron chi connectivity index (χ3n) is 2.27. The van der Waals surface area contributed by atoms with Gasteiger partial charge < -0.3 is 5.32 Å². The lowest BCUT2D eigenvalue weighted by atomic mass is 10.3. The van der Waals surface area contributed by atoms with Crippen molar-refractivity contribution in [1.82, 2.24) is 9.97 Å². The van der Waals surface area contributed by atoms with Gasteiger partial charge in [-0.1, -0.05) is 0 Å². The maximum atomic E-state index is 10.6. The number of hydrogen-bond donors (Lipinski definition) is 1. The second-order valence-corrected chi connectivity index (χ2v) is 4.64. The number of nitro benzene ring substituents is 1. The summed E-state index contributed by atoms with van der Waals surface area (Å²) in [5.74, 6) is 0. The lowest BCUT2D eigenvalue weighted by molar-refractivity contribution is -0.384. The second-order valence-electron chi connectivity index (χ2n) is 3.48. The maximum Gasteiger partial charge on any atom is 0.270 e. The number of non-ortho nitro benzene ring substituents is 1. The first-order valence-corrected chi connectivity index (χ1v) is 6.17. The molecule has 0 fully saturated rings. The summed E-state index contributed by atoms with van der Waals surface area (Å²) in [6.07, 6.45) is 3.16. The molecule has 18 heavy (non-hydrogen) atoms. The molecule has 1 N–H and O–H groups in total. The van der Waals surface area contributed by atoms with Gasteiger partial charge in [-0.25, -0.2) is 9.97 Å². The summed E-state index contributed by atoms with van der Waals surface area (Å²) < 4.78 is 0.802. The Kier molecular flexibility index (Phi) is 4.03. The van der Waals surface area contributed by atoms with E-state index >= 15 is 0 Å². The van der Waals surface area contributed by atoms with Gasteiger partial charge in [0.25, 0.3) is 5.69 Å². The largest absolute Gasteiger partial charge is 0.379 e. The highest BCUT2D eigenvalue weighted by Gasteiger charge is 2.08. The van der Waals surface area contributed by atoms with Crippen molar-refractivity contribution in [2.45, 2.75) is 6.54 Å². The summed E-state index contributed by atoms with van der Waals surface area (Å²) >= 11 is 2.06. The predicted octanol–water partition coefficient (Wildman–Crippen LogP) is 2.60. The minimum atomic E-state index is -0.406. The Morgan fingerprint density at radius 2 is 2.22 bits per heavy atom. The van der Waals surface area contributed by atoms with Gasteiger partial charge in [0.2, 0.25) is 0 Å². The maximum absolute atomic E-state index is 10.6. The van der Waals surface area contributed by atoms with Crippen LogP contribution in [0.2, 0.25) is 0 Å². The Morgan fingerprint density at radius 1 is 1.39 bits per heavy atom. The van der Waals surface area contributed by atoms with Gasteiger partial charge in [0.1, 0.15) is 6.33 Å².